The number of alkyl halides is 2. The van der Waals surface area contributed by atoms with E-state index in [1.165, 1.54) is 31.4 Å². The van der Waals surface area contributed by atoms with Crippen LogP contribution < -0.4 is 19.5 Å². The van der Waals surface area contributed by atoms with Gasteiger partial charge in [0.2, 0.25) is 0 Å². The Kier molecular flexibility index (Phi) is 7.29. The third kappa shape index (κ3) is 5.93. The molecule has 2 aromatic rings. The van der Waals surface area contributed by atoms with Crippen LogP contribution in [0.4, 0.5) is 8.78 Å². The minimum atomic E-state index is -2.95. The summed E-state index contributed by atoms with van der Waals surface area (Å²) in [6.07, 6.45) is 0. The first-order chi connectivity index (χ1) is 12.4. The lowest BCUT2D eigenvalue weighted by Gasteiger charge is -2.12. The minimum Gasteiger partial charge on any atom is -0.493 e. The number of amides is 1. The summed E-state index contributed by atoms with van der Waals surface area (Å²) in [5, 5.41) is 3.39. The van der Waals surface area contributed by atoms with Crippen LogP contribution in [0.1, 0.15) is 5.56 Å². The fourth-order valence-corrected chi connectivity index (χ4v) is 2.47. The first kappa shape index (κ1) is 20.1. The van der Waals surface area contributed by atoms with Crippen molar-refractivity contribution < 1.29 is 27.8 Å². The molecule has 0 aliphatic carbocycles. The molecular weight excluding hydrogens is 391 g/mol. The van der Waals surface area contributed by atoms with Gasteiger partial charge in [0.05, 0.1) is 12.1 Å². The van der Waals surface area contributed by atoms with E-state index in [0.717, 1.165) is 0 Å². The summed E-state index contributed by atoms with van der Waals surface area (Å²) >= 11 is 11.7. The molecule has 0 radical (unpaired) electrons. The third-order valence-corrected chi connectivity index (χ3v) is 3.72. The average Bonchev–Trinajstić information content (AvgIpc) is 2.59. The Morgan fingerprint density at radius 1 is 1.12 bits per heavy atom. The molecule has 0 aliphatic rings. The van der Waals surface area contributed by atoms with Crippen LogP contribution in [0.15, 0.2) is 36.4 Å². The van der Waals surface area contributed by atoms with E-state index in [-0.39, 0.29) is 30.6 Å². The third-order valence-electron chi connectivity index (χ3n) is 3.19. The molecule has 2 aromatic carbocycles. The molecule has 0 aromatic heterocycles. The minimum absolute atomic E-state index is 0.0849. The van der Waals surface area contributed by atoms with Crippen LogP contribution in [-0.2, 0) is 11.3 Å². The summed E-state index contributed by atoms with van der Waals surface area (Å²) in [7, 11) is 1.33. The normalized spacial score (nSPS) is 10.5. The molecule has 9 heteroatoms. The van der Waals surface area contributed by atoms with Crippen LogP contribution in [0, 0.1) is 0 Å². The molecule has 0 saturated heterocycles. The molecule has 0 heterocycles. The fraction of sp³-hybridized carbons (Fsp3) is 0.235. The van der Waals surface area contributed by atoms with E-state index in [4.69, 9.17) is 32.7 Å². The zero-order valence-electron chi connectivity index (χ0n) is 13.6. The lowest BCUT2D eigenvalue weighted by molar-refractivity contribution is -0.123. The van der Waals surface area contributed by atoms with Crippen LogP contribution in [0.25, 0.3) is 0 Å². The van der Waals surface area contributed by atoms with E-state index < -0.39 is 6.61 Å². The number of hydrogen-bond acceptors (Lipinski definition) is 4. The van der Waals surface area contributed by atoms with E-state index in [0.29, 0.717) is 21.4 Å². The summed E-state index contributed by atoms with van der Waals surface area (Å²) in [4.78, 5) is 11.9. The number of carbonyl (C=O) groups excluding carboxylic acids is 1. The van der Waals surface area contributed by atoms with Gasteiger partial charge < -0.3 is 19.5 Å². The van der Waals surface area contributed by atoms with E-state index in [1.54, 1.807) is 12.1 Å². The summed E-state index contributed by atoms with van der Waals surface area (Å²) in [5.41, 5.74) is 0.640. The molecule has 26 heavy (non-hydrogen) atoms. The Labute approximate surface area is 158 Å². The van der Waals surface area contributed by atoms with E-state index in [1.807, 2.05) is 0 Å². The highest BCUT2D eigenvalue weighted by Gasteiger charge is 2.12. The van der Waals surface area contributed by atoms with Gasteiger partial charge in [-0.3, -0.25) is 4.79 Å². The van der Waals surface area contributed by atoms with Gasteiger partial charge in [-0.1, -0.05) is 29.3 Å². The van der Waals surface area contributed by atoms with E-state index in [9.17, 15) is 13.6 Å². The molecule has 140 valence electrons. The summed E-state index contributed by atoms with van der Waals surface area (Å²) < 4.78 is 39.3. The molecule has 5 nitrogen and oxygen atoms in total. The van der Waals surface area contributed by atoms with Crippen LogP contribution in [0.3, 0.4) is 0 Å². The van der Waals surface area contributed by atoms with Crippen LogP contribution >= 0.6 is 23.2 Å². The second-order valence-electron chi connectivity index (χ2n) is 5.00. The molecular formula is C17H15Cl2F2NO4. The van der Waals surface area contributed by atoms with Crippen molar-refractivity contribution in [2.24, 2.45) is 0 Å². The van der Waals surface area contributed by atoms with Crippen LogP contribution in [0.2, 0.25) is 10.0 Å². The topological polar surface area (TPSA) is 56.8 Å². The van der Waals surface area contributed by atoms with Crippen molar-refractivity contribution >= 4 is 29.1 Å². The van der Waals surface area contributed by atoms with Gasteiger partial charge >= 0.3 is 6.61 Å². The van der Waals surface area contributed by atoms with Crippen molar-refractivity contribution in [1.29, 1.82) is 0 Å². The Bertz CT molecular complexity index is 774. The number of rotatable bonds is 8. The van der Waals surface area contributed by atoms with E-state index in [2.05, 4.69) is 10.1 Å². The molecule has 0 aliphatic heterocycles. The highest BCUT2D eigenvalue weighted by molar-refractivity contribution is 6.35. The van der Waals surface area contributed by atoms with Crippen molar-refractivity contribution in [3.8, 4) is 17.2 Å². The molecule has 0 fully saturated rings. The van der Waals surface area contributed by atoms with Gasteiger partial charge in [0.15, 0.2) is 18.1 Å². The SMILES string of the molecule is COc1cc(CNC(=O)COc2ccc(Cl)cc2Cl)ccc1OC(F)F. The maximum atomic E-state index is 12.3. The molecule has 0 saturated carbocycles. The molecule has 0 atom stereocenters. The molecule has 1 N–H and O–H groups in total. The largest absolute Gasteiger partial charge is 0.493 e. The second-order valence-corrected chi connectivity index (χ2v) is 5.85. The fourth-order valence-electron chi connectivity index (χ4n) is 2.00. The maximum Gasteiger partial charge on any atom is 0.387 e. The van der Waals surface area contributed by atoms with Gasteiger partial charge in [-0.2, -0.15) is 8.78 Å². The predicted molar refractivity (Wildman–Crippen MR) is 93.4 cm³/mol. The predicted octanol–water partition coefficient (Wildman–Crippen LogP) is 4.30. The Balaban J connectivity index is 1.88. The number of carbonyl (C=O) groups is 1. The first-order valence-electron chi connectivity index (χ1n) is 7.35. The number of ether oxygens (including phenoxy) is 3. The number of hydrogen-bond donors (Lipinski definition) is 1. The number of nitrogens with one attached hydrogen (secondary N) is 1. The van der Waals surface area contributed by atoms with Crippen molar-refractivity contribution in [3.63, 3.8) is 0 Å². The Morgan fingerprint density at radius 2 is 1.85 bits per heavy atom. The Morgan fingerprint density at radius 3 is 2.50 bits per heavy atom. The molecule has 1 amide bonds. The number of methoxy groups -OCH3 is 1. The smallest absolute Gasteiger partial charge is 0.387 e. The quantitative estimate of drug-likeness (QED) is 0.711. The van der Waals surface area contributed by atoms with Gasteiger partial charge in [0.25, 0.3) is 5.91 Å². The van der Waals surface area contributed by atoms with Crippen molar-refractivity contribution in [1.82, 2.24) is 5.32 Å². The second kappa shape index (κ2) is 9.45. The summed E-state index contributed by atoms with van der Waals surface area (Å²) in [5.74, 6) is 0.00353. The van der Waals surface area contributed by atoms with Crippen molar-refractivity contribution in [2.45, 2.75) is 13.2 Å². The van der Waals surface area contributed by atoms with Crippen molar-refractivity contribution in [2.75, 3.05) is 13.7 Å². The number of halogens is 4. The van der Waals surface area contributed by atoms with Gasteiger partial charge in [0, 0.05) is 11.6 Å². The van der Waals surface area contributed by atoms with Gasteiger partial charge in [-0.15, -0.1) is 0 Å². The molecule has 0 spiro atoms. The zero-order valence-corrected chi connectivity index (χ0v) is 15.1. The van der Waals surface area contributed by atoms with Gasteiger partial charge in [0.1, 0.15) is 5.75 Å². The van der Waals surface area contributed by atoms with E-state index >= 15 is 0 Å². The lowest BCUT2D eigenvalue weighted by Crippen LogP contribution is -2.28. The standard InChI is InChI=1S/C17H15Cl2F2NO4/c1-24-15-6-10(2-4-14(15)26-17(20)21)8-22-16(23)9-25-13-5-3-11(18)7-12(13)19/h2-7,17H,8-9H2,1H3,(H,22,23). The van der Waals surface area contributed by atoms with Gasteiger partial charge in [-0.05, 0) is 35.9 Å². The molecule has 0 unspecified atom stereocenters. The first-order valence-corrected chi connectivity index (χ1v) is 8.11. The average molecular weight is 406 g/mol. The number of benzene rings is 2. The Hall–Kier alpha value is -2.25. The summed E-state index contributed by atoms with van der Waals surface area (Å²) in [6, 6.07) is 9.04. The zero-order chi connectivity index (χ0) is 19.1. The van der Waals surface area contributed by atoms with Crippen LogP contribution in [-0.4, -0.2) is 26.2 Å². The molecule has 2 rings (SSSR count). The van der Waals surface area contributed by atoms with Crippen molar-refractivity contribution in [3.05, 3.63) is 52.0 Å². The maximum absolute atomic E-state index is 12.3. The summed E-state index contributed by atoms with van der Waals surface area (Å²) in [6.45, 7) is -3.04. The van der Waals surface area contributed by atoms with Crippen LogP contribution in [0.5, 0.6) is 17.2 Å². The monoisotopic (exact) mass is 405 g/mol. The molecule has 0 bridgehead atoms. The van der Waals surface area contributed by atoms with Gasteiger partial charge in [-0.25, -0.2) is 0 Å². The lowest BCUT2D eigenvalue weighted by atomic mass is 10.2. The highest BCUT2D eigenvalue weighted by Crippen LogP contribution is 2.29. The highest BCUT2D eigenvalue weighted by atomic mass is 35.5.